The van der Waals surface area contributed by atoms with Crippen LogP contribution in [-0.4, -0.2) is 17.0 Å². The Kier molecular flexibility index (Phi) is 3.21. The van der Waals surface area contributed by atoms with Crippen LogP contribution in [-0.2, 0) is 6.61 Å². The third-order valence-electron chi connectivity index (χ3n) is 2.26. The standard InChI is InChI=1S/C11H11BO2S/c13-8-9-3-1-4-10(7-9)12(14)11-5-2-6-15-11/h1-7,13-14H,8H2. The summed E-state index contributed by atoms with van der Waals surface area (Å²) in [6, 6.07) is 11.2. The van der Waals surface area contributed by atoms with Gasteiger partial charge in [0.25, 0.3) is 0 Å². The minimum atomic E-state index is -0.587. The van der Waals surface area contributed by atoms with Crippen LogP contribution in [0.15, 0.2) is 41.8 Å². The third kappa shape index (κ3) is 2.29. The van der Waals surface area contributed by atoms with Crippen LogP contribution in [0, 0.1) is 0 Å². The summed E-state index contributed by atoms with van der Waals surface area (Å²) in [5.74, 6) is 0. The van der Waals surface area contributed by atoms with Gasteiger partial charge in [-0.1, -0.05) is 36.4 Å². The smallest absolute Gasteiger partial charge is 0.369 e. The average Bonchev–Trinajstić information content (AvgIpc) is 2.81. The zero-order chi connectivity index (χ0) is 10.7. The molecule has 0 atom stereocenters. The van der Waals surface area contributed by atoms with Crippen LogP contribution in [0.2, 0.25) is 0 Å². The number of benzene rings is 1. The molecule has 1 aromatic carbocycles. The van der Waals surface area contributed by atoms with Crippen molar-refractivity contribution in [3.63, 3.8) is 0 Å². The Labute approximate surface area is 92.9 Å². The van der Waals surface area contributed by atoms with E-state index in [0.717, 1.165) is 15.8 Å². The van der Waals surface area contributed by atoms with E-state index in [0.29, 0.717) is 0 Å². The van der Waals surface area contributed by atoms with E-state index in [1.807, 2.05) is 41.8 Å². The largest absolute Gasteiger partial charge is 0.442 e. The van der Waals surface area contributed by atoms with Crippen LogP contribution in [0.5, 0.6) is 0 Å². The molecule has 1 heterocycles. The number of aliphatic hydroxyl groups excluding tert-OH is 1. The van der Waals surface area contributed by atoms with Crippen LogP contribution >= 0.6 is 11.3 Å². The molecule has 0 unspecified atom stereocenters. The molecular formula is C11H11BO2S. The van der Waals surface area contributed by atoms with Crippen molar-refractivity contribution in [2.24, 2.45) is 0 Å². The van der Waals surface area contributed by atoms with Crippen LogP contribution in [0.1, 0.15) is 5.56 Å². The summed E-state index contributed by atoms with van der Waals surface area (Å²) >= 11 is 1.53. The van der Waals surface area contributed by atoms with Gasteiger partial charge in [0.15, 0.2) is 0 Å². The number of aliphatic hydroxyl groups is 1. The molecule has 0 aliphatic rings. The maximum atomic E-state index is 10.0. The summed E-state index contributed by atoms with van der Waals surface area (Å²) in [6.07, 6.45) is 0. The van der Waals surface area contributed by atoms with E-state index in [4.69, 9.17) is 5.11 Å². The lowest BCUT2D eigenvalue weighted by molar-refractivity contribution is 0.282. The van der Waals surface area contributed by atoms with Gasteiger partial charge in [-0.25, -0.2) is 0 Å². The molecule has 2 N–H and O–H groups in total. The van der Waals surface area contributed by atoms with Crippen molar-refractivity contribution in [2.45, 2.75) is 6.61 Å². The molecule has 0 radical (unpaired) electrons. The van der Waals surface area contributed by atoms with Gasteiger partial charge in [0.2, 0.25) is 0 Å². The molecular weight excluding hydrogens is 207 g/mol. The first kappa shape index (κ1) is 10.4. The van der Waals surface area contributed by atoms with Crippen LogP contribution in [0.25, 0.3) is 0 Å². The molecule has 0 aliphatic carbocycles. The highest BCUT2D eigenvalue weighted by atomic mass is 32.1. The van der Waals surface area contributed by atoms with Gasteiger partial charge >= 0.3 is 6.92 Å². The van der Waals surface area contributed by atoms with Crippen LogP contribution in [0.3, 0.4) is 0 Å². The third-order valence-corrected chi connectivity index (χ3v) is 3.19. The van der Waals surface area contributed by atoms with Crippen LogP contribution < -0.4 is 10.2 Å². The lowest BCUT2D eigenvalue weighted by Crippen LogP contribution is -2.40. The first-order chi connectivity index (χ1) is 7.31. The Morgan fingerprint density at radius 1 is 1.20 bits per heavy atom. The zero-order valence-electron chi connectivity index (χ0n) is 8.13. The van der Waals surface area contributed by atoms with Crippen molar-refractivity contribution in [1.82, 2.24) is 0 Å². The van der Waals surface area contributed by atoms with Crippen molar-refractivity contribution in [2.75, 3.05) is 0 Å². The summed E-state index contributed by atoms with van der Waals surface area (Å²) in [6.45, 7) is -0.582. The predicted octanol–water partition coefficient (Wildman–Crippen LogP) is 0.338. The Morgan fingerprint density at radius 3 is 2.73 bits per heavy atom. The van der Waals surface area contributed by atoms with E-state index in [-0.39, 0.29) is 6.61 Å². The van der Waals surface area contributed by atoms with Crippen molar-refractivity contribution in [3.05, 3.63) is 47.3 Å². The van der Waals surface area contributed by atoms with E-state index in [1.54, 1.807) is 0 Å². The zero-order valence-corrected chi connectivity index (χ0v) is 8.95. The second-order valence-electron chi connectivity index (χ2n) is 3.32. The Bertz CT molecular complexity index is 428. The topological polar surface area (TPSA) is 40.5 Å². The Morgan fingerprint density at radius 2 is 2.07 bits per heavy atom. The molecule has 0 amide bonds. The fourth-order valence-electron chi connectivity index (χ4n) is 1.47. The van der Waals surface area contributed by atoms with Gasteiger partial charge in [0.1, 0.15) is 0 Å². The van der Waals surface area contributed by atoms with Gasteiger partial charge in [0.05, 0.1) is 6.61 Å². The molecule has 15 heavy (non-hydrogen) atoms. The highest BCUT2D eigenvalue weighted by molar-refractivity contribution is 7.22. The fourth-order valence-corrected chi connectivity index (χ4v) is 2.21. The summed E-state index contributed by atoms with van der Waals surface area (Å²) in [5, 5.41) is 21.0. The number of thiophene rings is 1. The SMILES string of the molecule is OCc1cccc(B(O)c2cccs2)c1. The first-order valence-electron chi connectivity index (χ1n) is 4.72. The van der Waals surface area contributed by atoms with E-state index in [1.165, 1.54) is 11.3 Å². The maximum Gasteiger partial charge on any atom is 0.369 e. The Balaban J connectivity index is 2.29. The van der Waals surface area contributed by atoms with Gasteiger partial charge < -0.3 is 10.1 Å². The van der Waals surface area contributed by atoms with Crippen LogP contribution in [0.4, 0.5) is 0 Å². The van der Waals surface area contributed by atoms with Crippen molar-refractivity contribution in [1.29, 1.82) is 0 Å². The lowest BCUT2D eigenvalue weighted by Gasteiger charge is -2.05. The molecule has 2 rings (SSSR count). The number of hydrogen-bond donors (Lipinski definition) is 2. The molecule has 0 bridgehead atoms. The van der Waals surface area contributed by atoms with Gasteiger partial charge in [-0.2, -0.15) is 11.3 Å². The van der Waals surface area contributed by atoms with Crippen molar-refractivity contribution < 1.29 is 10.1 Å². The van der Waals surface area contributed by atoms with Crippen molar-refractivity contribution >= 4 is 28.5 Å². The molecule has 2 aromatic rings. The Hall–Kier alpha value is -1.10. The fraction of sp³-hybridized carbons (Fsp3) is 0.0909. The molecule has 2 nitrogen and oxygen atoms in total. The van der Waals surface area contributed by atoms with E-state index < -0.39 is 6.92 Å². The molecule has 0 saturated heterocycles. The molecule has 76 valence electrons. The van der Waals surface area contributed by atoms with Gasteiger partial charge in [-0.15, -0.1) is 0 Å². The van der Waals surface area contributed by atoms with E-state index >= 15 is 0 Å². The molecule has 4 heteroatoms. The normalized spacial score (nSPS) is 10.3. The van der Waals surface area contributed by atoms with Gasteiger partial charge in [-0.05, 0) is 16.4 Å². The minimum absolute atomic E-state index is 0.00496. The lowest BCUT2D eigenvalue weighted by atomic mass is 9.60. The highest BCUT2D eigenvalue weighted by Crippen LogP contribution is 2.00. The van der Waals surface area contributed by atoms with Gasteiger partial charge in [0, 0.05) is 4.78 Å². The van der Waals surface area contributed by atoms with E-state index in [9.17, 15) is 5.02 Å². The summed E-state index contributed by atoms with van der Waals surface area (Å²) < 4.78 is 0.921. The molecule has 0 fully saturated rings. The molecule has 0 saturated carbocycles. The second kappa shape index (κ2) is 4.62. The minimum Gasteiger partial charge on any atom is -0.442 e. The van der Waals surface area contributed by atoms with Crippen molar-refractivity contribution in [3.8, 4) is 0 Å². The van der Waals surface area contributed by atoms with E-state index in [2.05, 4.69) is 0 Å². The number of hydrogen-bond acceptors (Lipinski definition) is 3. The summed E-state index contributed by atoms with van der Waals surface area (Å²) in [7, 11) is 0. The summed E-state index contributed by atoms with van der Waals surface area (Å²) in [4.78, 5) is 0. The predicted molar refractivity (Wildman–Crippen MR) is 63.9 cm³/mol. The molecule has 1 aromatic heterocycles. The maximum absolute atomic E-state index is 10.0. The average molecular weight is 218 g/mol. The quantitative estimate of drug-likeness (QED) is 0.729. The highest BCUT2D eigenvalue weighted by Gasteiger charge is 2.17. The summed E-state index contributed by atoms with van der Waals surface area (Å²) in [5.41, 5.74) is 1.65. The monoisotopic (exact) mass is 218 g/mol. The number of rotatable bonds is 3. The molecule has 0 aliphatic heterocycles. The molecule has 0 spiro atoms. The van der Waals surface area contributed by atoms with Gasteiger partial charge in [-0.3, -0.25) is 0 Å². The second-order valence-corrected chi connectivity index (χ2v) is 4.30. The first-order valence-corrected chi connectivity index (χ1v) is 5.60.